The quantitative estimate of drug-likeness (QED) is 0.308. The van der Waals surface area contributed by atoms with E-state index >= 15 is 0 Å². The van der Waals surface area contributed by atoms with E-state index in [1.165, 1.54) is 11.1 Å². The van der Waals surface area contributed by atoms with Crippen LogP contribution in [0.25, 0.3) is 22.0 Å². The number of rotatable bonds is 10. The molecule has 0 spiro atoms. The van der Waals surface area contributed by atoms with Gasteiger partial charge in [0.15, 0.2) is 14.0 Å². The summed E-state index contributed by atoms with van der Waals surface area (Å²) in [7, 11) is -1.99. The highest BCUT2D eigenvalue weighted by atomic mass is 28.3. The summed E-state index contributed by atoms with van der Waals surface area (Å²) in [4.78, 5) is 24.6. The maximum absolute atomic E-state index is 12.5. The van der Waals surface area contributed by atoms with Crippen molar-refractivity contribution >= 4 is 19.1 Å². The summed E-state index contributed by atoms with van der Waals surface area (Å²) < 4.78 is 8.25. The number of aromatic nitrogens is 1. The van der Waals surface area contributed by atoms with Gasteiger partial charge in [-0.3, -0.25) is 9.59 Å². The summed E-state index contributed by atoms with van der Waals surface area (Å²) >= 11 is 0. The predicted molar refractivity (Wildman–Crippen MR) is 140 cm³/mol. The van der Waals surface area contributed by atoms with Crippen molar-refractivity contribution in [2.45, 2.75) is 91.0 Å². The van der Waals surface area contributed by atoms with Gasteiger partial charge in [-0.2, -0.15) is 0 Å². The van der Waals surface area contributed by atoms with Gasteiger partial charge in [0, 0.05) is 17.5 Å². The Morgan fingerprint density at radius 2 is 1.55 bits per heavy atom. The normalized spacial score (nSPS) is 12.9. The van der Waals surface area contributed by atoms with Gasteiger partial charge >= 0.3 is 0 Å². The van der Waals surface area contributed by atoms with Crippen molar-refractivity contribution in [3.63, 3.8) is 0 Å². The van der Waals surface area contributed by atoms with Crippen LogP contribution in [0, 0.1) is 0 Å². The van der Waals surface area contributed by atoms with E-state index in [1.807, 2.05) is 26.0 Å². The standard InChI is InChI=1S/C27H39NO4Si/c1-16(2)32-27-24(25(30)26(27)31)20-11-12-23-22(14-20)21(10-9-13-29)15-28(23)33(17(3)4,18(5)6)19(7)8/h11-12,14-19,29H,9-10,13H2,1-8H3. The van der Waals surface area contributed by atoms with Crippen LogP contribution in [0.5, 0.6) is 5.75 Å². The molecule has 0 fully saturated rings. The number of nitrogens with zero attached hydrogens (tertiary/aromatic N) is 1. The zero-order chi connectivity index (χ0) is 24.7. The highest BCUT2D eigenvalue weighted by molar-refractivity contribution is 6.82. The van der Waals surface area contributed by atoms with E-state index in [-0.39, 0.29) is 18.5 Å². The van der Waals surface area contributed by atoms with Gasteiger partial charge < -0.3 is 14.1 Å². The number of benzene rings is 1. The van der Waals surface area contributed by atoms with E-state index in [9.17, 15) is 14.7 Å². The molecule has 180 valence electrons. The topological polar surface area (TPSA) is 68.5 Å². The van der Waals surface area contributed by atoms with Crippen LogP contribution in [0.2, 0.25) is 16.6 Å². The van der Waals surface area contributed by atoms with Gasteiger partial charge in [-0.05, 0) is 72.8 Å². The molecule has 0 saturated carbocycles. The third-order valence-electron chi connectivity index (χ3n) is 7.19. The van der Waals surface area contributed by atoms with E-state index in [1.54, 1.807) is 0 Å². The molecule has 0 atom stereocenters. The molecule has 1 N–H and O–H groups in total. The van der Waals surface area contributed by atoms with Crippen molar-refractivity contribution in [2.24, 2.45) is 0 Å². The molecule has 0 radical (unpaired) electrons. The Bertz CT molecular complexity index is 1170. The number of aryl methyl sites for hydroxylation is 1. The highest BCUT2D eigenvalue weighted by Gasteiger charge is 2.46. The number of hydrogen-bond donors (Lipinski definition) is 1. The lowest BCUT2D eigenvalue weighted by molar-refractivity contribution is 0.238. The number of ether oxygens (including phenoxy) is 1. The lowest BCUT2D eigenvalue weighted by Gasteiger charge is -2.44. The maximum Gasteiger partial charge on any atom is 0.268 e. The van der Waals surface area contributed by atoms with E-state index < -0.39 is 19.1 Å². The zero-order valence-electron chi connectivity index (χ0n) is 21.4. The second kappa shape index (κ2) is 9.59. The molecule has 5 nitrogen and oxygen atoms in total. The van der Waals surface area contributed by atoms with Crippen LogP contribution in [0.1, 0.15) is 67.4 Å². The van der Waals surface area contributed by atoms with E-state index in [4.69, 9.17) is 4.74 Å². The van der Waals surface area contributed by atoms with E-state index in [0.717, 1.165) is 17.4 Å². The van der Waals surface area contributed by atoms with Crippen LogP contribution in [-0.4, -0.2) is 30.3 Å². The molecular weight excluding hydrogens is 430 g/mol. The number of hydrogen-bond acceptors (Lipinski definition) is 4. The Balaban J connectivity index is 2.29. The van der Waals surface area contributed by atoms with E-state index in [0.29, 0.717) is 28.6 Å². The van der Waals surface area contributed by atoms with Crippen LogP contribution in [0.15, 0.2) is 34.0 Å². The molecule has 0 aliphatic heterocycles. The summed E-state index contributed by atoms with van der Waals surface area (Å²) in [6.45, 7) is 17.9. The van der Waals surface area contributed by atoms with Gasteiger partial charge in [-0.25, -0.2) is 0 Å². The van der Waals surface area contributed by atoms with Crippen molar-refractivity contribution < 1.29 is 9.84 Å². The van der Waals surface area contributed by atoms with Crippen LogP contribution in [0.4, 0.5) is 0 Å². The van der Waals surface area contributed by atoms with Crippen molar-refractivity contribution in [1.82, 2.24) is 4.23 Å². The first-order valence-electron chi connectivity index (χ1n) is 12.2. The van der Waals surface area contributed by atoms with E-state index in [2.05, 4.69) is 58.0 Å². The van der Waals surface area contributed by atoms with Gasteiger partial charge in [0.05, 0.1) is 11.7 Å². The summed E-state index contributed by atoms with van der Waals surface area (Å²) in [5.41, 5.74) is 4.09. The Hall–Kier alpha value is -2.18. The fourth-order valence-corrected chi connectivity index (χ4v) is 12.7. The van der Waals surface area contributed by atoms with Gasteiger partial charge in [0.2, 0.25) is 5.43 Å². The summed E-state index contributed by atoms with van der Waals surface area (Å²) in [5.74, 6) is 0.181. The fraction of sp³-hybridized carbons (Fsp3) is 0.556. The first-order chi connectivity index (χ1) is 15.5. The molecule has 0 saturated heterocycles. The second-order valence-electron chi connectivity index (χ2n) is 10.5. The molecule has 33 heavy (non-hydrogen) atoms. The maximum atomic E-state index is 12.5. The second-order valence-corrected chi connectivity index (χ2v) is 16.2. The molecule has 3 rings (SSSR count). The third kappa shape index (κ3) is 4.12. The van der Waals surface area contributed by atoms with Crippen molar-refractivity contribution in [3.05, 3.63) is 50.4 Å². The summed E-state index contributed by atoms with van der Waals surface area (Å²) in [6.07, 6.45) is 3.59. The fourth-order valence-electron chi connectivity index (χ4n) is 6.06. The molecule has 0 bridgehead atoms. The molecule has 1 heterocycles. The lowest BCUT2D eigenvalue weighted by atomic mass is 9.97. The molecule has 1 aromatic heterocycles. The lowest BCUT2D eigenvalue weighted by Crippen LogP contribution is -2.51. The number of fused-ring (bicyclic) bond motifs is 1. The first kappa shape index (κ1) is 25.4. The van der Waals surface area contributed by atoms with Gasteiger partial charge in [-0.15, -0.1) is 0 Å². The number of aliphatic hydroxyl groups is 1. The van der Waals surface area contributed by atoms with Crippen LogP contribution in [0.3, 0.4) is 0 Å². The smallest absolute Gasteiger partial charge is 0.268 e. The molecule has 6 heteroatoms. The Kier molecular flexibility index (Phi) is 7.39. The van der Waals surface area contributed by atoms with Crippen molar-refractivity contribution in [2.75, 3.05) is 6.61 Å². The molecule has 0 unspecified atom stereocenters. The van der Waals surface area contributed by atoms with Gasteiger partial charge in [-0.1, -0.05) is 47.6 Å². The third-order valence-corrected chi connectivity index (χ3v) is 13.9. The summed E-state index contributed by atoms with van der Waals surface area (Å²) in [5, 5.41) is 10.6. The molecule has 3 aromatic rings. The SMILES string of the molecule is CC(C)Oc1c(-c2ccc3c(c2)c(CCCO)cn3[Si](C(C)C)(C(C)C)C(C)C)c(=O)c1=O. The van der Waals surface area contributed by atoms with Crippen LogP contribution >= 0.6 is 0 Å². The van der Waals surface area contributed by atoms with Crippen molar-refractivity contribution in [1.29, 1.82) is 0 Å². The highest BCUT2D eigenvalue weighted by Crippen LogP contribution is 2.45. The van der Waals surface area contributed by atoms with Crippen molar-refractivity contribution in [3.8, 4) is 16.9 Å². The molecule has 2 aromatic carbocycles. The number of aliphatic hydroxyl groups excluding tert-OH is 1. The molecule has 0 aliphatic carbocycles. The van der Waals surface area contributed by atoms with Crippen LogP contribution in [-0.2, 0) is 6.42 Å². The van der Waals surface area contributed by atoms with Gasteiger partial charge in [0.1, 0.15) is 0 Å². The summed E-state index contributed by atoms with van der Waals surface area (Å²) in [6, 6.07) is 6.11. The zero-order valence-corrected chi connectivity index (χ0v) is 22.4. The molecular formula is C27H39NO4Si. The Morgan fingerprint density at radius 1 is 0.939 bits per heavy atom. The first-order valence-corrected chi connectivity index (χ1v) is 14.4. The Labute approximate surface area is 198 Å². The molecule has 0 aliphatic rings. The van der Waals surface area contributed by atoms with Gasteiger partial charge in [0.25, 0.3) is 5.43 Å². The Morgan fingerprint density at radius 3 is 2.06 bits per heavy atom. The minimum Gasteiger partial charge on any atom is -0.486 e. The minimum absolute atomic E-state index is 0.137. The monoisotopic (exact) mass is 469 g/mol. The predicted octanol–water partition coefficient (Wildman–Crippen LogP) is 5.64. The minimum atomic E-state index is -1.99. The average molecular weight is 470 g/mol. The average Bonchev–Trinajstić information content (AvgIpc) is 3.09. The molecule has 0 amide bonds. The van der Waals surface area contributed by atoms with Crippen LogP contribution < -0.4 is 15.6 Å². The largest absolute Gasteiger partial charge is 0.486 e.